The molecule has 0 aliphatic rings. The number of nitrogens with zero attached hydrogens (tertiary/aromatic N) is 4. The molecule has 0 spiro atoms. The fourth-order valence-electron chi connectivity index (χ4n) is 5.01. The Morgan fingerprint density at radius 3 is 2.06 bits per heavy atom. The molecule has 0 saturated heterocycles. The molecule has 3 N–H and O–H groups in total. The summed E-state index contributed by atoms with van der Waals surface area (Å²) in [5, 5.41) is 45.1. The Kier molecular flexibility index (Phi) is 20.4. The molecule has 0 heterocycles. The third kappa shape index (κ3) is 14.7. The summed E-state index contributed by atoms with van der Waals surface area (Å²) in [6.45, 7) is 2.12. The minimum Gasteiger partial charge on any atom is -0.870 e. The Morgan fingerprint density at radius 1 is 0.816 bits per heavy atom. The van der Waals surface area contributed by atoms with Crippen LogP contribution in [0.25, 0.3) is 10.8 Å². The van der Waals surface area contributed by atoms with E-state index in [1.165, 1.54) is 6.21 Å². The van der Waals surface area contributed by atoms with Gasteiger partial charge in [-0.3, -0.25) is 14.1 Å². The van der Waals surface area contributed by atoms with Crippen molar-refractivity contribution in [3.05, 3.63) is 48.0 Å². The molecule has 0 unspecified atom stereocenters. The number of aryl methyl sites for hydroxylation is 1. The van der Waals surface area contributed by atoms with Crippen molar-refractivity contribution in [1.29, 1.82) is 0 Å². The molecule has 0 aliphatic carbocycles. The van der Waals surface area contributed by atoms with E-state index in [9.17, 15) is 36.2 Å². The number of oxime groups is 1. The van der Waals surface area contributed by atoms with Gasteiger partial charge in [0.15, 0.2) is 0 Å². The summed E-state index contributed by atoms with van der Waals surface area (Å²) in [6.07, 6.45) is 12.3. The maximum Gasteiger partial charge on any atom is 1.00 e. The summed E-state index contributed by atoms with van der Waals surface area (Å²) in [5.74, 6) is -1.70. The van der Waals surface area contributed by atoms with Crippen molar-refractivity contribution in [3.8, 4) is 5.75 Å². The normalized spacial score (nSPS) is 12.4. The SMILES string of the molecule is CCCCCCCCCC([O-])=Nc1cc(S(=O)(=O)O)cc2cc(S(=O)(=O)O)c(N=Nc3ccc(CCCCC/C=N\O)cc3)c([O-])c12.[Na+].[Na+]. The van der Waals surface area contributed by atoms with Crippen LogP contribution in [0.2, 0.25) is 0 Å². The summed E-state index contributed by atoms with van der Waals surface area (Å²) < 4.78 is 68.3. The first-order valence-corrected chi connectivity index (χ1v) is 18.4. The molecule has 0 atom stereocenters. The van der Waals surface area contributed by atoms with E-state index >= 15 is 0 Å². The van der Waals surface area contributed by atoms with E-state index in [2.05, 4.69) is 27.3 Å². The Balaban J connectivity index is 0.00000600. The molecule has 13 nitrogen and oxygen atoms in total. The van der Waals surface area contributed by atoms with E-state index in [0.717, 1.165) is 88.0 Å². The number of benzene rings is 3. The van der Waals surface area contributed by atoms with Gasteiger partial charge in [-0.25, -0.2) is 0 Å². The number of unbranched alkanes of at least 4 members (excludes halogenated alkanes) is 9. The number of hydrogen-bond acceptors (Lipinski definition) is 11. The molecule has 0 fully saturated rings. The molecule has 3 aromatic rings. The largest absolute Gasteiger partial charge is 1.00 e. The van der Waals surface area contributed by atoms with Gasteiger partial charge in [-0.15, -0.1) is 10.3 Å². The minimum atomic E-state index is -5.07. The Labute approximate surface area is 332 Å². The second kappa shape index (κ2) is 22.1. The first kappa shape index (κ1) is 45.1. The van der Waals surface area contributed by atoms with Crippen LogP contribution in [0.5, 0.6) is 5.75 Å². The van der Waals surface area contributed by atoms with E-state index in [0.29, 0.717) is 12.8 Å². The van der Waals surface area contributed by atoms with Crippen LogP contribution in [-0.2, 0) is 26.7 Å². The predicted molar refractivity (Wildman–Crippen MR) is 176 cm³/mol. The van der Waals surface area contributed by atoms with Crippen molar-refractivity contribution in [2.24, 2.45) is 20.4 Å². The molecule has 0 saturated carbocycles. The number of fused-ring (bicyclic) bond motifs is 1. The first-order valence-electron chi connectivity index (χ1n) is 15.5. The summed E-state index contributed by atoms with van der Waals surface area (Å²) in [4.78, 5) is 2.30. The first-order chi connectivity index (χ1) is 22.3. The van der Waals surface area contributed by atoms with Gasteiger partial charge in [-0.1, -0.05) is 69.8 Å². The zero-order valence-corrected chi connectivity index (χ0v) is 33.8. The van der Waals surface area contributed by atoms with Gasteiger partial charge in [-0.2, -0.15) is 21.9 Å². The van der Waals surface area contributed by atoms with Crippen molar-refractivity contribution in [2.45, 2.75) is 100 Å². The molecular formula is C32H40N4Na2O9S2. The molecule has 0 bridgehead atoms. The maximum absolute atomic E-state index is 13.7. The van der Waals surface area contributed by atoms with Crippen LogP contribution < -0.4 is 69.3 Å². The fourth-order valence-corrected chi connectivity index (χ4v) is 6.20. The van der Waals surface area contributed by atoms with Gasteiger partial charge in [0.25, 0.3) is 20.2 Å². The average molecular weight is 735 g/mol. The predicted octanol–water partition coefficient (Wildman–Crippen LogP) is 0.924. The van der Waals surface area contributed by atoms with Crippen molar-refractivity contribution < 1.29 is 100 Å². The van der Waals surface area contributed by atoms with Gasteiger partial charge in [-0.05, 0) is 85.7 Å². The molecule has 3 rings (SSSR count). The molecule has 0 amide bonds. The van der Waals surface area contributed by atoms with Crippen LogP contribution in [0.4, 0.5) is 17.1 Å². The topological polar surface area (TPSA) is 225 Å². The van der Waals surface area contributed by atoms with Crippen molar-refractivity contribution >= 4 is 60.2 Å². The summed E-state index contributed by atoms with van der Waals surface area (Å²) >= 11 is 0. The van der Waals surface area contributed by atoms with Crippen molar-refractivity contribution in [3.63, 3.8) is 0 Å². The molecule has 0 aromatic heterocycles. The van der Waals surface area contributed by atoms with Crippen LogP contribution in [0.1, 0.15) is 89.5 Å². The second-order valence-corrected chi connectivity index (χ2v) is 14.0. The third-order valence-electron chi connectivity index (χ3n) is 7.48. The molecule has 256 valence electrons. The quantitative estimate of drug-likeness (QED) is 0.0232. The van der Waals surface area contributed by atoms with Crippen molar-refractivity contribution in [1.82, 2.24) is 0 Å². The zero-order chi connectivity index (χ0) is 34.5. The van der Waals surface area contributed by atoms with Gasteiger partial charge in [0.2, 0.25) is 0 Å². The Bertz CT molecular complexity index is 1820. The van der Waals surface area contributed by atoms with Crippen LogP contribution in [-0.4, -0.2) is 43.3 Å². The van der Waals surface area contributed by atoms with Gasteiger partial charge in [0.1, 0.15) is 4.90 Å². The summed E-state index contributed by atoms with van der Waals surface area (Å²) in [5.41, 5.74) is 0.145. The maximum atomic E-state index is 13.7. The van der Waals surface area contributed by atoms with Gasteiger partial charge in [0.05, 0.1) is 22.0 Å². The molecule has 0 aliphatic heterocycles. The van der Waals surface area contributed by atoms with E-state index in [4.69, 9.17) is 5.21 Å². The Hall–Kier alpha value is -1.92. The van der Waals surface area contributed by atoms with E-state index in [1.54, 1.807) is 24.3 Å². The van der Waals surface area contributed by atoms with Crippen LogP contribution in [0.15, 0.2) is 72.6 Å². The standard InChI is InChI=1S/C32H42N4O9S2.2Na/c1-2-3-4-5-6-7-11-14-29(37)34-27-22-26(46(40,41)42)20-24-21-28(47(43,44)45)31(32(38)30(24)27)36-35-25-17-15-23(16-18-25)13-10-8-9-12-19-33-39;;/h15-22,38-39H,2-14H2,1H3,(H,34,37)(H,40,41,42)(H,43,44,45);;/q;2*+1/p-2/b33-19-,36-35?;;. The second-order valence-electron chi connectivity index (χ2n) is 11.2. The zero-order valence-electron chi connectivity index (χ0n) is 28.2. The van der Waals surface area contributed by atoms with Gasteiger partial charge in [0, 0.05) is 11.6 Å². The van der Waals surface area contributed by atoms with E-state index in [1.807, 2.05) is 0 Å². The molecule has 3 aromatic carbocycles. The summed E-state index contributed by atoms with van der Waals surface area (Å²) in [7, 11) is -9.93. The number of azo groups is 1. The van der Waals surface area contributed by atoms with Crippen LogP contribution in [0.3, 0.4) is 0 Å². The smallest absolute Gasteiger partial charge is 0.870 e. The Morgan fingerprint density at radius 2 is 1.45 bits per heavy atom. The minimum absolute atomic E-state index is 0. The number of hydrogen-bond donors (Lipinski definition) is 3. The fraction of sp³-hybridized carbons (Fsp3) is 0.438. The monoisotopic (exact) mass is 734 g/mol. The van der Waals surface area contributed by atoms with Gasteiger partial charge < -0.3 is 15.4 Å². The summed E-state index contributed by atoms with van der Waals surface area (Å²) in [6, 6.07) is 9.38. The molecule has 0 radical (unpaired) electrons. The third-order valence-corrected chi connectivity index (χ3v) is 9.18. The van der Waals surface area contributed by atoms with Crippen LogP contribution >= 0.6 is 0 Å². The number of aliphatic imine (C=N–C) groups is 1. The molecule has 49 heavy (non-hydrogen) atoms. The number of rotatable bonds is 19. The van der Waals surface area contributed by atoms with E-state index < -0.39 is 47.4 Å². The van der Waals surface area contributed by atoms with E-state index in [-0.39, 0.29) is 87.7 Å². The van der Waals surface area contributed by atoms with Gasteiger partial charge >= 0.3 is 59.1 Å². The van der Waals surface area contributed by atoms with Crippen LogP contribution in [0, 0.1) is 0 Å². The van der Waals surface area contributed by atoms with Crippen molar-refractivity contribution in [2.75, 3.05) is 0 Å². The molecular weight excluding hydrogens is 694 g/mol. The average Bonchev–Trinajstić information content (AvgIpc) is 3.01. The molecule has 17 heteroatoms.